The van der Waals surface area contributed by atoms with Crippen molar-refractivity contribution in [2.75, 3.05) is 0 Å². The van der Waals surface area contributed by atoms with E-state index in [9.17, 15) is 4.79 Å². The molecule has 2 rings (SSSR count). The van der Waals surface area contributed by atoms with Gasteiger partial charge in [0.05, 0.1) is 11.9 Å². The molecule has 2 aromatic rings. The highest BCUT2D eigenvalue weighted by molar-refractivity contribution is 6.07. The average Bonchev–Trinajstić information content (AvgIpc) is 2.29. The van der Waals surface area contributed by atoms with Crippen LogP contribution < -0.4 is 0 Å². The predicted octanol–water partition coefficient (Wildman–Crippen LogP) is 2.32. The van der Waals surface area contributed by atoms with Crippen LogP contribution in [0.3, 0.4) is 0 Å². The van der Waals surface area contributed by atoms with Gasteiger partial charge in [-0.15, -0.1) is 0 Å². The smallest absolute Gasteiger partial charge is 0.212 e. The van der Waals surface area contributed by atoms with Gasteiger partial charge in [0, 0.05) is 11.8 Å². The minimum atomic E-state index is -0.0869. The van der Waals surface area contributed by atoms with Gasteiger partial charge in [-0.1, -0.05) is 23.8 Å². The summed E-state index contributed by atoms with van der Waals surface area (Å²) in [6.45, 7) is 3.80. The first-order valence-corrected chi connectivity index (χ1v) is 5.07. The third-order valence-electron chi connectivity index (χ3n) is 2.29. The maximum Gasteiger partial charge on any atom is 0.212 e. The number of hydrogen-bond donors (Lipinski definition) is 0. The maximum absolute atomic E-state index is 12.0. The molecule has 0 atom stereocenters. The van der Waals surface area contributed by atoms with Crippen molar-refractivity contribution in [1.29, 1.82) is 0 Å². The van der Waals surface area contributed by atoms with Gasteiger partial charge in [0.15, 0.2) is 0 Å². The average molecular weight is 212 g/mol. The lowest BCUT2D eigenvalue weighted by molar-refractivity contribution is 0.103. The van der Waals surface area contributed by atoms with Crippen LogP contribution in [0, 0.1) is 13.8 Å². The van der Waals surface area contributed by atoms with Crippen molar-refractivity contribution < 1.29 is 4.79 Å². The molecular weight excluding hydrogens is 200 g/mol. The number of ketones is 1. The number of hydrogen-bond acceptors (Lipinski definition) is 3. The van der Waals surface area contributed by atoms with Crippen LogP contribution >= 0.6 is 0 Å². The zero-order valence-corrected chi connectivity index (χ0v) is 9.27. The van der Waals surface area contributed by atoms with Crippen molar-refractivity contribution in [2.45, 2.75) is 13.8 Å². The van der Waals surface area contributed by atoms with E-state index in [1.54, 1.807) is 12.3 Å². The highest BCUT2D eigenvalue weighted by Gasteiger charge is 2.10. The van der Waals surface area contributed by atoms with E-state index in [1.165, 1.54) is 6.20 Å². The normalized spacial score (nSPS) is 10.1. The summed E-state index contributed by atoms with van der Waals surface area (Å²) >= 11 is 0. The Morgan fingerprint density at radius 3 is 2.56 bits per heavy atom. The van der Waals surface area contributed by atoms with Crippen molar-refractivity contribution in [3.8, 4) is 0 Å². The van der Waals surface area contributed by atoms with E-state index in [1.807, 2.05) is 32.0 Å². The van der Waals surface area contributed by atoms with Crippen molar-refractivity contribution in [3.05, 3.63) is 59.2 Å². The number of aryl methyl sites for hydroxylation is 2. The summed E-state index contributed by atoms with van der Waals surface area (Å²) in [4.78, 5) is 20.1. The number of carbonyl (C=O) groups excluding carboxylic acids is 1. The number of rotatable bonds is 2. The van der Waals surface area contributed by atoms with Crippen LogP contribution in [0.5, 0.6) is 0 Å². The van der Waals surface area contributed by atoms with E-state index in [4.69, 9.17) is 0 Å². The molecule has 3 heteroatoms. The Bertz CT molecular complexity index is 518. The molecule has 0 amide bonds. The van der Waals surface area contributed by atoms with Crippen LogP contribution in [-0.2, 0) is 0 Å². The molecule has 16 heavy (non-hydrogen) atoms. The van der Waals surface area contributed by atoms with E-state index < -0.39 is 0 Å². The van der Waals surface area contributed by atoms with Crippen LogP contribution in [0.4, 0.5) is 0 Å². The van der Waals surface area contributed by atoms with Gasteiger partial charge in [0.2, 0.25) is 5.78 Å². The predicted molar refractivity (Wildman–Crippen MR) is 61.4 cm³/mol. The van der Waals surface area contributed by atoms with Gasteiger partial charge in [0.1, 0.15) is 5.69 Å². The first-order chi connectivity index (χ1) is 7.66. The van der Waals surface area contributed by atoms with Crippen molar-refractivity contribution in [2.24, 2.45) is 0 Å². The van der Waals surface area contributed by atoms with Crippen LogP contribution in [0.25, 0.3) is 0 Å². The standard InChI is InChI=1S/C13H12N2O/c1-9-4-3-5-11(6-9)13(16)12-8-14-10(2)7-15-12/h3-8H,1-2H3. The van der Waals surface area contributed by atoms with Gasteiger partial charge >= 0.3 is 0 Å². The van der Waals surface area contributed by atoms with E-state index >= 15 is 0 Å². The van der Waals surface area contributed by atoms with Crippen LogP contribution in [0.15, 0.2) is 36.7 Å². The lowest BCUT2D eigenvalue weighted by Gasteiger charge is -2.01. The Balaban J connectivity index is 2.35. The number of nitrogens with zero attached hydrogens (tertiary/aromatic N) is 2. The summed E-state index contributed by atoms with van der Waals surface area (Å²) in [5, 5.41) is 0. The molecule has 0 bridgehead atoms. The minimum Gasteiger partial charge on any atom is -0.287 e. The quantitative estimate of drug-likeness (QED) is 0.717. The summed E-state index contributed by atoms with van der Waals surface area (Å²) in [6, 6.07) is 7.46. The van der Waals surface area contributed by atoms with Gasteiger partial charge in [-0.3, -0.25) is 9.78 Å². The van der Waals surface area contributed by atoms with Gasteiger partial charge in [-0.25, -0.2) is 4.98 Å². The van der Waals surface area contributed by atoms with Gasteiger partial charge in [-0.2, -0.15) is 0 Å². The molecule has 80 valence electrons. The molecule has 0 aliphatic rings. The summed E-state index contributed by atoms with van der Waals surface area (Å²) < 4.78 is 0. The molecule has 0 spiro atoms. The molecule has 3 nitrogen and oxygen atoms in total. The fourth-order valence-corrected chi connectivity index (χ4v) is 1.44. The third-order valence-corrected chi connectivity index (χ3v) is 2.29. The molecule has 0 unspecified atom stereocenters. The Morgan fingerprint density at radius 1 is 1.12 bits per heavy atom. The molecule has 1 heterocycles. The highest BCUT2D eigenvalue weighted by atomic mass is 16.1. The molecule has 0 N–H and O–H groups in total. The Labute approximate surface area is 94.2 Å². The summed E-state index contributed by atoms with van der Waals surface area (Å²) in [7, 11) is 0. The van der Waals surface area contributed by atoms with Crippen molar-refractivity contribution in [3.63, 3.8) is 0 Å². The fraction of sp³-hybridized carbons (Fsp3) is 0.154. The molecule has 1 aromatic carbocycles. The fourth-order valence-electron chi connectivity index (χ4n) is 1.44. The number of aromatic nitrogens is 2. The van der Waals surface area contributed by atoms with Crippen molar-refractivity contribution in [1.82, 2.24) is 9.97 Å². The van der Waals surface area contributed by atoms with E-state index in [0.29, 0.717) is 11.3 Å². The minimum absolute atomic E-state index is 0.0869. The molecule has 0 saturated heterocycles. The molecule has 1 aromatic heterocycles. The topological polar surface area (TPSA) is 42.9 Å². The molecule has 0 fully saturated rings. The second kappa shape index (κ2) is 4.23. The van der Waals surface area contributed by atoms with E-state index in [2.05, 4.69) is 9.97 Å². The molecule has 0 aliphatic heterocycles. The molecular formula is C13H12N2O. The summed E-state index contributed by atoms with van der Waals surface area (Å²) in [6.07, 6.45) is 3.11. The Morgan fingerprint density at radius 2 is 1.94 bits per heavy atom. The zero-order chi connectivity index (χ0) is 11.5. The van der Waals surface area contributed by atoms with E-state index in [-0.39, 0.29) is 5.78 Å². The SMILES string of the molecule is Cc1cccc(C(=O)c2cnc(C)cn2)c1. The van der Waals surface area contributed by atoms with Crippen LogP contribution in [0.2, 0.25) is 0 Å². The largest absolute Gasteiger partial charge is 0.287 e. The van der Waals surface area contributed by atoms with Gasteiger partial charge in [0.25, 0.3) is 0 Å². The first kappa shape index (κ1) is 10.5. The lowest BCUT2D eigenvalue weighted by Crippen LogP contribution is -2.05. The second-order valence-corrected chi connectivity index (χ2v) is 3.74. The molecule has 0 saturated carbocycles. The van der Waals surface area contributed by atoms with Gasteiger partial charge in [-0.05, 0) is 19.9 Å². The molecule has 0 aliphatic carbocycles. The van der Waals surface area contributed by atoms with Crippen LogP contribution in [0.1, 0.15) is 27.3 Å². The zero-order valence-electron chi connectivity index (χ0n) is 9.27. The summed E-state index contributed by atoms with van der Waals surface area (Å²) in [5.74, 6) is -0.0869. The lowest BCUT2D eigenvalue weighted by atomic mass is 10.1. The van der Waals surface area contributed by atoms with E-state index in [0.717, 1.165) is 11.3 Å². The van der Waals surface area contributed by atoms with Crippen LogP contribution in [-0.4, -0.2) is 15.8 Å². The second-order valence-electron chi connectivity index (χ2n) is 3.74. The highest BCUT2D eigenvalue weighted by Crippen LogP contribution is 2.09. The summed E-state index contributed by atoms with van der Waals surface area (Å²) in [5.41, 5.74) is 2.90. The van der Waals surface area contributed by atoms with Crippen molar-refractivity contribution >= 4 is 5.78 Å². The third kappa shape index (κ3) is 2.14. The Kier molecular flexibility index (Phi) is 2.77. The van der Waals surface area contributed by atoms with Gasteiger partial charge < -0.3 is 0 Å². The first-order valence-electron chi connectivity index (χ1n) is 5.07. The molecule has 0 radical (unpaired) electrons. The number of benzene rings is 1. The maximum atomic E-state index is 12.0. The Hall–Kier alpha value is -2.03. The number of carbonyl (C=O) groups is 1. The monoisotopic (exact) mass is 212 g/mol.